The lowest BCUT2D eigenvalue weighted by Crippen LogP contribution is -2.35. The lowest BCUT2D eigenvalue weighted by atomic mass is 10.1. The SMILES string of the molecule is CN(CCC(=O)Nc1cccc(F)c1)C[C@H]1CC(=O)N(C2CCCC2)C1. The fraction of sp³-hybridized carbons (Fsp3) is 0.600. The number of hydrogen-bond acceptors (Lipinski definition) is 3. The molecule has 1 saturated carbocycles. The monoisotopic (exact) mass is 361 g/mol. The highest BCUT2D eigenvalue weighted by Gasteiger charge is 2.35. The molecule has 6 heteroatoms. The van der Waals surface area contributed by atoms with E-state index < -0.39 is 0 Å². The Bertz CT molecular complexity index is 646. The molecule has 1 N–H and O–H groups in total. The van der Waals surface area contributed by atoms with Crippen LogP contribution in [0.5, 0.6) is 0 Å². The average Bonchev–Trinajstić information content (AvgIpc) is 3.22. The topological polar surface area (TPSA) is 52.7 Å². The maximum absolute atomic E-state index is 13.1. The minimum Gasteiger partial charge on any atom is -0.339 e. The van der Waals surface area contributed by atoms with Crippen LogP contribution in [0.3, 0.4) is 0 Å². The van der Waals surface area contributed by atoms with E-state index in [0.29, 0.717) is 42.9 Å². The maximum atomic E-state index is 13.1. The molecule has 0 unspecified atom stereocenters. The van der Waals surface area contributed by atoms with Gasteiger partial charge in [-0.1, -0.05) is 18.9 Å². The van der Waals surface area contributed by atoms with Gasteiger partial charge < -0.3 is 15.1 Å². The van der Waals surface area contributed by atoms with Gasteiger partial charge in [-0.2, -0.15) is 0 Å². The summed E-state index contributed by atoms with van der Waals surface area (Å²) < 4.78 is 13.1. The van der Waals surface area contributed by atoms with Crippen LogP contribution in [-0.4, -0.2) is 54.3 Å². The summed E-state index contributed by atoms with van der Waals surface area (Å²) in [4.78, 5) is 28.5. The largest absolute Gasteiger partial charge is 0.339 e. The number of halogens is 1. The summed E-state index contributed by atoms with van der Waals surface area (Å²) in [6.45, 7) is 2.29. The fourth-order valence-electron chi connectivity index (χ4n) is 4.11. The minimum absolute atomic E-state index is 0.127. The first-order valence-corrected chi connectivity index (χ1v) is 9.54. The van der Waals surface area contributed by atoms with Gasteiger partial charge in [-0.05, 0) is 44.0 Å². The molecule has 1 aromatic carbocycles. The molecule has 2 aliphatic rings. The second-order valence-corrected chi connectivity index (χ2v) is 7.63. The van der Waals surface area contributed by atoms with E-state index in [1.54, 1.807) is 12.1 Å². The number of anilines is 1. The Hall–Kier alpha value is -1.95. The van der Waals surface area contributed by atoms with Crippen LogP contribution < -0.4 is 5.32 Å². The number of carbonyl (C=O) groups is 2. The maximum Gasteiger partial charge on any atom is 0.225 e. The molecule has 1 atom stereocenters. The summed E-state index contributed by atoms with van der Waals surface area (Å²) in [5, 5.41) is 2.71. The van der Waals surface area contributed by atoms with Gasteiger partial charge >= 0.3 is 0 Å². The first kappa shape index (κ1) is 18.8. The molecule has 2 amide bonds. The van der Waals surface area contributed by atoms with Crippen LogP contribution in [-0.2, 0) is 9.59 Å². The summed E-state index contributed by atoms with van der Waals surface area (Å²) in [7, 11) is 1.98. The van der Waals surface area contributed by atoms with Gasteiger partial charge in [0.15, 0.2) is 0 Å². The molecule has 0 spiro atoms. The average molecular weight is 361 g/mol. The van der Waals surface area contributed by atoms with Crippen LogP contribution in [0.1, 0.15) is 38.5 Å². The van der Waals surface area contributed by atoms with Crippen molar-refractivity contribution in [2.45, 2.75) is 44.6 Å². The van der Waals surface area contributed by atoms with E-state index in [-0.39, 0.29) is 11.7 Å². The van der Waals surface area contributed by atoms with Crippen molar-refractivity contribution in [2.24, 2.45) is 5.92 Å². The van der Waals surface area contributed by atoms with Gasteiger partial charge in [-0.3, -0.25) is 9.59 Å². The van der Waals surface area contributed by atoms with Crippen LogP contribution in [0.4, 0.5) is 10.1 Å². The van der Waals surface area contributed by atoms with Crippen molar-refractivity contribution >= 4 is 17.5 Å². The molecule has 1 saturated heterocycles. The quantitative estimate of drug-likeness (QED) is 0.812. The van der Waals surface area contributed by atoms with E-state index >= 15 is 0 Å². The van der Waals surface area contributed by atoms with Crippen LogP contribution >= 0.6 is 0 Å². The van der Waals surface area contributed by atoms with Crippen molar-refractivity contribution < 1.29 is 14.0 Å². The standard InChI is InChI=1S/C20H28FN3O2/c1-23(10-9-19(25)22-17-6-4-5-16(21)12-17)13-15-11-20(26)24(14-15)18-7-2-3-8-18/h4-6,12,15,18H,2-3,7-11,13-14H2,1H3,(H,22,25)/t15-/m1/s1. The number of rotatable bonds is 7. The Morgan fingerprint density at radius 2 is 2.12 bits per heavy atom. The molecule has 1 heterocycles. The third-order valence-corrected chi connectivity index (χ3v) is 5.40. The van der Waals surface area contributed by atoms with Crippen LogP contribution in [0.2, 0.25) is 0 Å². The van der Waals surface area contributed by atoms with Crippen molar-refractivity contribution in [1.82, 2.24) is 9.80 Å². The molecule has 0 bridgehead atoms. The molecule has 0 aromatic heterocycles. The van der Waals surface area contributed by atoms with Crippen molar-refractivity contribution in [3.63, 3.8) is 0 Å². The number of nitrogens with zero attached hydrogens (tertiary/aromatic N) is 2. The Kier molecular flexibility index (Phi) is 6.25. The Morgan fingerprint density at radius 1 is 1.35 bits per heavy atom. The smallest absolute Gasteiger partial charge is 0.225 e. The lowest BCUT2D eigenvalue weighted by Gasteiger charge is -2.25. The Balaban J connectivity index is 1.39. The van der Waals surface area contributed by atoms with Gasteiger partial charge in [-0.15, -0.1) is 0 Å². The summed E-state index contributed by atoms with van der Waals surface area (Å²) in [5.41, 5.74) is 0.478. The van der Waals surface area contributed by atoms with Crippen molar-refractivity contribution in [1.29, 1.82) is 0 Å². The van der Waals surface area contributed by atoms with E-state index in [1.807, 2.05) is 7.05 Å². The second-order valence-electron chi connectivity index (χ2n) is 7.63. The molecule has 1 aromatic rings. The molecular formula is C20H28FN3O2. The van der Waals surface area contributed by atoms with E-state index in [9.17, 15) is 14.0 Å². The van der Waals surface area contributed by atoms with Crippen molar-refractivity contribution in [3.8, 4) is 0 Å². The number of likely N-dealkylation sites (tertiary alicyclic amines) is 1. The number of hydrogen-bond donors (Lipinski definition) is 1. The third kappa shape index (κ3) is 5.04. The molecule has 5 nitrogen and oxygen atoms in total. The molecule has 0 radical (unpaired) electrons. The van der Waals surface area contributed by atoms with Crippen LogP contribution in [0, 0.1) is 11.7 Å². The van der Waals surface area contributed by atoms with Crippen molar-refractivity contribution in [2.75, 3.05) is 32.0 Å². The first-order chi connectivity index (χ1) is 12.5. The lowest BCUT2D eigenvalue weighted by molar-refractivity contribution is -0.129. The van der Waals surface area contributed by atoms with Crippen LogP contribution in [0.15, 0.2) is 24.3 Å². The van der Waals surface area contributed by atoms with Gasteiger partial charge in [0.25, 0.3) is 0 Å². The normalized spacial score (nSPS) is 21.0. The molecular weight excluding hydrogens is 333 g/mol. The highest BCUT2D eigenvalue weighted by molar-refractivity contribution is 5.90. The Morgan fingerprint density at radius 3 is 2.85 bits per heavy atom. The molecule has 142 valence electrons. The van der Waals surface area contributed by atoms with Gasteiger partial charge in [0, 0.05) is 44.2 Å². The first-order valence-electron chi connectivity index (χ1n) is 9.54. The molecule has 1 aliphatic carbocycles. The van der Waals surface area contributed by atoms with Gasteiger partial charge in [-0.25, -0.2) is 4.39 Å². The van der Waals surface area contributed by atoms with E-state index in [4.69, 9.17) is 0 Å². The minimum atomic E-state index is -0.363. The van der Waals surface area contributed by atoms with E-state index in [2.05, 4.69) is 15.1 Å². The Labute approximate surface area is 154 Å². The summed E-state index contributed by atoms with van der Waals surface area (Å²) >= 11 is 0. The molecule has 1 aliphatic heterocycles. The predicted octanol–water partition coefficient (Wildman–Crippen LogP) is 2.88. The van der Waals surface area contributed by atoms with Crippen LogP contribution in [0.25, 0.3) is 0 Å². The van der Waals surface area contributed by atoms with Gasteiger partial charge in [0.05, 0.1) is 0 Å². The number of amides is 2. The number of benzene rings is 1. The summed E-state index contributed by atoms with van der Waals surface area (Å²) in [5.74, 6) is 0.147. The fourth-order valence-corrected chi connectivity index (χ4v) is 4.11. The highest BCUT2D eigenvalue weighted by Crippen LogP contribution is 2.29. The zero-order chi connectivity index (χ0) is 18.5. The zero-order valence-electron chi connectivity index (χ0n) is 15.4. The molecule has 3 rings (SSSR count). The summed E-state index contributed by atoms with van der Waals surface area (Å²) in [6.07, 6.45) is 5.73. The number of nitrogens with one attached hydrogen (secondary N) is 1. The van der Waals surface area contributed by atoms with E-state index in [1.165, 1.54) is 25.0 Å². The van der Waals surface area contributed by atoms with Crippen molar-refractivity contribution in [3.05, 3.63) is 30.1 Å². The van der Waals surface area contributed by atoms with E-state index in [0.717, 1.165) is 25.9 Å². The zero-order valence-corrected chi connectivity index (χ0v) is 15.4. The predicted molar refractivity (Wildman–Crippen MR) is 99.2 cm³/mol. The van der Waals surface area contributed by atoms with Gasteiger partial charge in [0.1, 0.15) is 5.82 Å². The summed E-state index contributed by atoms with van der Waals surface area (Å²) in [6, 6.07) is 6.36. The molecule has 2 fully saturated rings. The number of carbonyl (C=O) groups excluding carboxylic acids is 2. The second kappa shape index (κ2) is 8.62. The highest BCUT2D eigenvalue weighted by atomic mass is 19.1. The molecule has 26 heavy (non-hydrogen) atoms. The third-order valence-electron chi connectivity index (χ3n) is 5.40. The van der Waals surface area contributed by atoms with Gasteiger partial charge in [0.2, 0.25) is 11.8 Å².